The summed E-state index contributed by atoms with van der Waals surface area (Å²) in [5.41, 5.74) is 0.705. The number of hydrogen-bond acceptors (Lipinski definition) is 3. The number of benzene rings is 2. The lowest BCUT2D eigenvalue weighted by molar-refractivity contribution is -0.151. The molecule has 1 aliphatic heterocycles. The summed E-state index contributed by atoms with van der Waals surface area (Å²) in [5.74, 6) is -0.102. The van der Waals surface area contributed by atoms with Gasteiger partial charge in [-0.05, 0) is 29.8 Å². The molecule has 0 aromatic heterocycles. The van der Waals surface area contributed by atoms with Gasteiger partial charge < -0.3 is 14.6 Å². The zero-order valence-electron chi connectivity index (χ0n) is 10.3. The highest BCUT2D eigenvalue weighted by atomic mass is 35.5. The molecule has 2 aromatic rings. The van der Waals surface area contributed by atoms with E-state index in [4.69, 9.17) is 21.1 Å². The topological polar surface area (TPSA) is 55.8 Å². The maximum absolute atomic E-state index is 11.4. The summed E-state index contributed by atoms with van der Waals surface area (Å²) in [6.45, 7) is 0. The molecule has 0 fully saturated rings. The molecule has 0 saturated carbocycles. The van der Waals surface area contributed by atoms with Gasteiger partial charge in [-0.3, -0.25) is 0 Å². The third-order valence-corrected chi connectivity index (χ3v) is 3.33. The molecule has 2 atom stereocenters. The van der Waals surface area contributed by atoms with Crippen molar-refractivity contribution < 1.29 is 19.4 Å². The molecule has 0 aliphatic carbocycles. The predicted molar refractivity (Wildman–Crippen MR) is 73.3 cm³/mol. The molecule has 102 valence electrons. The number of hydrogen-bond donors (Lipinski definition) is 1. The Morgan fingerprint density at radius 3 is 2.20 bits per heavy atom. The summed E-state index contributed by atoms with van der Waals surface area (Å²) in [7, 11) is 0. The quantitative estimate of drug-likeness (QED) is 0.922. The summed E-state index contributed by atoms with van der Waals surface area (Å²) in [5, 5.41) is 9.90. The summed E-state index contributed by atoms with van der Waals surface area (Å²) < 4.78 is 11.3. The summed E-state index contributed by atoms with van der Waals surface area (Å²) in [4.78, 5) is 11.4. The van der Waals surface area contributed by atoms with E-state index in [1.807, 2.05) is 6.07 Å². The van der Waals surface area contributed by atoms with Crippen LogP contribution in [0.4, 0.5) is 0 Å². The SMILES string of the molecule is O=C(O)[C@H]1Oc2ccccc2O[C@@H]1c1ccc(Cl)cc1. The average Bonchev–Trinajstić information content (AvgIpc) is 2.46. The molecule has 0 radical (unpaired) electrons. The molecule has 0 unspecified atom stereocenters. The maximum atomic E-state index is 11.4. The van der Waals surface area contributed by atoms with E-state index in [1.54, 1.807) is 42.5 Å². The Morgan fingerprint density at radius 1 is 1.00 bits per heavy atom. The van der Waals surface area contributed by atoms with Crippen LogP contribution in [0.2, 0.25) is 5.02 Å². The van der Waals surface area contributed by atoms with Crippen molar-refractivity contribution in [1.29, 1.82) is 0 Å². The van der Waals surface area contributed by atoms with E-state index in [2.05, 4.69) is 0 Å². The number of rotatable bonds is 2. The van der Waals surface area contributed by atoms with Crippen molar-refractivity contribution in [3.8, 4) is 11.5 Å². The number of fused-ring (bicyclic) bond motifs is 1. The third kappa shape index (κ3) is 2.30. The molecule has 20 heavy (non-hydrogen) atoms. The highest BCUT2D eigenvalue weighted by Crippen LogP contribution is 2.39. The van der Waals surface area contributed by atoms with Crippen molar-refractivity contribution in [1.82, 2.24) is 0 Å². The normalized spacial score (nSPS) is 20.4. The van der Waals surface area contributed by atoms with Gasteiger partial charge in [0.05, 0.1) is 0 Å². The van der Waals surface area contributed by atoms with Crippen LogP contribution in [0.15, 0.2) is 48.5 Å². The first-order chi connectivity index (χ1) is 9.65. The molecule has 1 aliphatic rings. The van der Waals surface area contributed by atoms with Crippen molar-refractivity contribution >= 4 is 17.6 Å². The zero-order valence-corrected chi connectivity index (χ0v) is 11.1. The lowest BCUT2D eigenvalue weighted by atomic mass is 10.0. The van der Waals surface area contributed by atoms with Gasteiger partial charge in [0, 0.05) is 5.02 Å². The highest BCUT2D eigenvalue weighted by Gasteiger charge is 2.38. The Hall–Kier alpha value is -2.20. The largest absolute Gasteiger partial charge is 0.478 e. The number of halogens is 1. The Morgan fingerprint density at radius 2 is 1.60 bits per heavy atom. The second-order valence-corrected chi connectivity index (χ2v) is 4.85. The zero-order chi connectivity index (χ0) is 14.1. The Balaban J connectivity index is 2.00. The first kappa shape index (κ1) is 12.8. The molecule has 0 amide bonds. The first-order valence-corrected chi connectivity index (χ1v) is 6.43. The van der Waals surface area contributed by atoms with Crippen molar-refractivity contribution in [3.05, 3.63) is 59.1 Å². The van der Waals surface area contributed by atoms with Crippen LogP contribution in [0.1, 0.15) is 11.7 Å². The minimum atomic E-state index is -1.09. The van der Waals surface area contributed by atoms with Gasteiger partial charge >= 0.3 is 5.97 Å². The Labute approximate surface area is 120 Å². The van der Waals surface area contributed by atoms with Gasteiger partial charge in [-0.15, -0.1) is 0 Å². The lowest BCUT2D eigenvalue weighted by Crippen LogP contribution is -2.39. The number of carboxylic acid groups (broad SMARTS) is 1. The molecule has 3 rings (SSSR count). The lowest BCUT2D eigenvalue weighted by Gasteiger charge is -2.31. The smallest absolute Gasteiger partial charge is 0.349 e. The molecule has 1 heterocycles. The third-order valence-electron chi connectivity index (χ3n) is 3.07. The van der Waals surface area contributed by atoms with Crippen LogP contribution in [-0.2, 0) is 4.79 Å². The minimum absolute atomic E-state index is 0.435. The van der Waals surface area contributed by atoms with E-state index in [1.165, 1.54) is 0 Å². The van der Waals surface area contributed by atoms with Gasteiger partial charge in [0.2, 0.25) is 6.10 Å². The monoisotopic (exact) mass is 290 g/mol. The Bertz CT molecular complexity index is 639. The van der Waals surface area contributed by atoms with Gasteiger partial charge in [-0.1, -0.05) is 35.9 Å². The van der Waals surface area contributed by atoms with Crippen LogP contribution in [-0.4, -0.2) is 17.2 Å². The van der Waals surface area contributed by atoms with E-state index in [0.29, 0.717) is 22.1 Å². The number of ether oxygens (including phenoxy) is 2. The summed E-state index contributed by atoms with van der Waals surface area (Å²) in [6, 6.07) is 13.9. The van der Waals surface area contributed by atoms with Gasteiger partial charge in [-0.25, -0.2) is 4.79 Å². The number of aliphatic carboxylic acids is 1. The molecule has 4 nitrogen and oxygen atoms in total. The van der Waals surface area contributed by atoms with E-state index in [9.17, 15) is 9.90 Å². The summed E-state index contributed by atoms with van der Waals surface area (Å²) in [6.07, 6.45) is -1.80. The fourth-order valence-electron chi connectivity index (χ4n) is 2.12. The van der Waals surface area contributed by atoms with E-state index in [-0.39, 0.29) is 0 Å². The van der Waals surface area contributed by atoms with Crippen LogP contribution in [0.25, 0.3) is 0 Å². The second kappa shape index (κ2) is 5.06. The van der Waals surface area contributed by atoms with Gasteiger partial charge in [0.1, 0.15) is 0 Å². The molecule has 5 heteroatoms. The summed E-state index contributed by atoms with van der Waals surface area (Å²) >= 11 is 5.84. The van der Waals surface area contributed by atoms with Crippen LogP contribution < -0.4 is 9.47 Å². The second-order valence-electron chi connectivity index (χ2n) is 4.41. The minimum Gasteiger partial charge on any atom is -0.478 e. The molecular formula is C15H11ClO4. The standard InChI is InChI=1S/C15H11ClO4/c16-10-7-5-9(6-8-10)13-14(15(17)18)20-12-4-2-1-3-11(12)19-13/h1-8,13-14H,(H,17,18)/t13-,14+/m1/s1. The van der Waals surface area contributed by atoms with Crippen molar-refractivity contribution in [2.75, 3.05) is 0 Å². The highest BCUT2D eigenvalue weighted by molar-refractivity contribution is 6.30. The Kier molecular flexibility index (Phi) is 3.24. The van der Waals surface area contributed by atoms with Crippen molar-refractivity contribution in [2.45, 2.75) is 12.2 Å². The van der Waals surface area contributed by atoms with E-state index in [0.717, 1.165) is 0 Å². The molecule has 0 bridgehead atoms. The van der Waals surface area contributed by atoms with E-state index < -0.39 is 18.2 Å². The number of carboxylic acids is 1. The van der Waals surface area contributed by atoms with Crippen LogP contribution >= 0.6 is 11.6 Å². The molecule has 2 aromatic carbocycles. The fourth-order valence-corrected chi connectivity index (χ4v) is 2.24. The van der Waals surface area contributed by atoms with Crippen molar-refractivity contribution in [2.24, 2.45) is 0 Å². The fraction of sp³-hybridized carbons (Fsp3) is 0.133. The van der Waals surface area contributed by atoms with Crippen molar-refractivity contribution in [3.63, 3.8) is 0 Å². The maximum Gasteiger partial charge on any atom is 0.349 e. The average molecular weight is 291 g/mol. The van der Waals surface area contributed by atoms with Gasteiger partial charge in [0.25, 0.3) is 0 Å². The van der Waals surface area contributed by atoms with Crippen LogP contribution in [0, 0.1) is 0 Å². The van der Waals surface area contributed by atoms with Crippen LogP contribution in [0.5, 0.6) is 11.5 Å². The van der Waals surface area contributed by atoms with Gasteiger partial charge in [-0.2, -0.15) is 0 Å². The van der Waals surface area contributed by atoms with Crippen LogP contribution in [0.3, 0.4) is 0 Å². The molecule has 0 spiro atoms. The first-order valence-electron chi connectivity index (χ1n) is 6.06. The predicted octanol–water partition coefficient (Wildman–Crippen LogP) is 3.31. The molecule has 1 N–H and O–H groups in total. The molecule has 0 saturated heterocycles. The van der Waals surface area contributed by atoms with E-state index >= 15 is 0 Å². The van der Waals surface area contributed by atoms with Gasteiger partial charge in [0.15, 0.2) is 17.6 Å². The molecular weight excluding hydrogens is 280 g/mol. The number of para-hydroxylation sites is 2. The number of carbonyl (C=O) groups is 1.